The number of amides is 3. The number of aryl methyl sites for hydroxylation is 1. The monoisotopic (exact) mass is 397 g/mol. The van der Waals surface area contributed by atoms with Gasteiger partial charge in [0.1, 0.15) is 12.6 Å². The molecule has 1 saturated heterocycles. The Kier molecular flexibility index (Phi) is 6.10. The van der Waals surface area contributed by atoms with E-state index in [1.165, 1.54) is 11.3 Å². The molecule has 26 heavy (non-hydrogen) atoms. The third-order valence-electron chi connectivity index (χ3n) is 4.03. The fourth-order valence-electron chi connectivity index (χ4n) is 2.79. The lowest BCUT2D eigenvalue weighted by Gasteiger charge is -2.23. The van der Waals surface area contributed by atoms with Gasteiger partial charge in [-0.25, -0.2) is 4.79 Å². The van der Waals surface area contributed by atoms with Gasteiger partial charge < -0.3 is 20.1 Å². The zero-order chi connectivity index (χ0) is 18.5. The molecule has 0 aliphatic carbocycles. The Morgan fingerprint density at radius 1 is 1.46 bits per heavy atom. The molecule has 0 radical (unpaired) electrons. The van der Waals surface area contributed by atoms with E-state index in [0.29, 0.717) is 35.6 Å². The zero-order valence-corrected chi connectivity index (χ0v) is 15.9. The summed E-state index contributed by atoms with van der Waals surface area (Å²) in [4.78, 5) is 31.6. The maximum Gasteiger partial charge on any atom is 0.315 e. The van der Waals surface area contributed by atoms with Crippen molar-refractivity contribution in [2.24, 2.45) is 0 Å². The number of hydrogen-bond acceptors (Lipinski definition) is 6. The first-order valence-electron chi connectivity index (χ1n) is 8.38. The number of aromatic nitrogens is 2. The normalized spacial score (nSPS) is 17.8. The Balaban J connectivity index is 1.55. The quantitative estimate of drug-likeness (QED) is 0.807. The SMILES string of the molecule is Cc1noc(CN2CCCCC(NC(=O)NCc3ccc(Cl)s3)C2=O)n1. The van der Waals surface area contributed by atoms with Crippen molar-refractivity contribution in [3.63, 3.8) is 0 Å². The van der Waals surface area contributed by atoms with Crippen LogP contribution in [0.1, 0.15) is 35.9 Å². The van der Waals surface area contributed by atoms with Crippen molar-refractivity contribution in [3.05, 3.63) is 33.1 Å². The van der Waals surface area contributed by atoms with Gasteiger partial charge in [0, 0.05) is 11.4 Å². The number of carbonyl (C=O) groups is 2. The average Bonchev–Trinajstić information content (AvgIpc) is 3.17. The van der Waals surface area contributed by atoms with Crippen LogP contribution >= 0.6 is 22.9 Å². The van der Waals surface area contributed by atoms with Crippen molar-refractivity contribution in [1.82, 2.24) is 25.7 Å². The number of nitrogens with one attached hydrogen (secondary N) is 2. The Morgan fingerprint density at radius 2 is 2.31 bits per heavy atom. The molecule has 2 aromatic rings. The predicted octanol–water partition coefficient (Wildman–Crippen LogP) is 2.47. The van der Waals surface area contributed by atoms with Crippen LogP contribution in [0.15, 0.2) is 16.7 Å². The van der Waals surface area contributed by atoms with Crippen LogP contribution in [0.2, 0.25) is 4.34 Å². The number of nitrogens with zero attached hydrogens (tertiary/aromatic N) is 3. The number of urea groups is 1. The maximum absolute atomic E-state index is 12.7. The van der Waals surface area contributed by atoms with E-state index in [-0.39, 0.29) is 18.5 Å². The van der Waals surface area contributed by atoms with Crippen LogP contribution in [0.3, 0.4) is 0 Å². The van der Waals surface area contributed by atoms with Crippen molar-refractivity contribution >= 4 is 34.9 Å². The second kappa shape index (κ2) is 8.50. The van der Waals surface area contributed by atoms with E-state index in [0.717, 1.165) is 17.7 Å². The number of halogens is 1. The molecule has 140 valence electrons. The predicted molar refractivity (Wildman–Crippen MR) is 96.8 cm³/mol. The lowest BCUT2D eigenvalue weighted by atomic mass is 10.1. The summed E-state index contributed by atoms with van der Waals surface area (Å²) in [6, 6.07) is 2.71. The lowest BCUT2D eigenvalue weighted by Crippen LogP contribution is -2.50. The zero-order valence-electron chi connectivity index (χ0n) is 14.3. The second-order valence-corrected chi connectivity index (χ2v) is 7.88. The summed E-state index contributed by atoms with van der Waals surface area (Å²) in [5.74, 6) is 0.799. The standard InChI is InChI=1S/C16H20ClN5O3S/c1-10-19-14(25-21-10)9-22-7-3-2-4-12(15(22)23)20-16(24)18-8-11-5-6-13(17)26-11/h5-6,12H,2-4,7-9H2,1H3,(H2,18,20,24). The number of hydrogen-bond donors (Lipinski definition) is 2. The Labute approximate surface area is 159 Å². The molecule has 0 spiro atoms. The molecule has 0 bridgehead atoms. The molecule has 1 fully saturated rings. The fourth-order valence-corrected chi connectivity index (χ4v) is 3.81. The molecule has 8 nitrogen and oxygen atoms in total. The van der Waals surface area contributed by atoms with Crippen LogP contribution in [-0.2, 0) is 17.9 Å². The summed E-state index contributed by atoms with van der Waals surface area (Å²) in [5, 5.41) is 9.27. The van der Waals surface area contributed by atoms with Crippen LogP contribution < -0.4 is 10.6 Å². The van der Waals surface area contributed by atoms with Crippen molar-refractivity contribution in [2.45, 2.75) is 45.3 Å². The van der Waals surface area contributed by atoms with Crippen LogP contribution in [0.25, 0.3) is 0 Å². The van der Waals surface area contributed by atoms with Gasteiger partial charge in [-0.3, -0.25) is 4.79 Å². The van der Waals surface area contributed by atoms with Gasteiger partial charge in [0.25, 0.3) is 0 Å². The summed E-state index contributed by atoms with van der Waals surface area (Å²) < 4.78 is 5.77. The van der Waals surface area contributed by atoms with Gasteiger partial charge in [0.2, 0.25) is 11.8 Å². The smallest absolute Gasteiger partial charge is 0.315 e. The minimum Gasteiger partial charge on any atom is -0.337 e. The van der Waals surface area contributed by atoms with Gasteiger partial charge in [0.05, 0.1) is 10.9 Å². The molecule has 2 N–H and O–H groups in total. The number of carbonyl (C=O) groups excluding carboxylic acids is 2. The second-order valence-electron chi connectivity index (χ2n) is 6.08. The number of likely N-dealkylation sites (tertiary alicyclic amines) is 1. The number of rotatable bonds is 5. The van der Waals surface area contributed by atoms with E-state index in [9.17, 15) is 9.59 Å². The molecular weight excluding hydrogens is 378 g/mol. The van der Waals surface area contributed by atoms with Crippen LogP contribution in [0.4, 0.5) is 4.79 Å². The Morgan fingerprint density at radius 3 is 3.00 bits per heavy atom. The van der Waals surface area contributed by atoms with Crippen molar-refractivity contribution < 1.29 is 14.1 Å². The summed E-state index contributed by atoms with van der Waals surface area (Å²) >= 11 is 7.28. The topological polar surface area (TPSA) is 100 Å². The van der Waals surface area contributed by atoms with E-state index >= 15 is 0 Å². The highest BCUT2D eigenvalue weighted by Crippen LogP contribution is 2.21. The van der Waals surface area contributed by atoms with Crippen LogP contribution in [0, 0.1) is 6.92 Å². The molecule has 1 atom stereocenters. The molecule has 10 heteroatoms. The highest BCUT2D eigenvalue weighted by molar-refractivity contribution is 7.16. The Hall–Kier alpha value is -2.13. The summed E-state index contributed by atoms with van der Waals surface area (Å²) in [7, 11) is 0. The number of thiophene rings is 1. The Bertz CT molecular complexity index is 778. The molecule has 3 amide bonds. The van der Waals surface area contributed by atoms with Gasteiger partial charge in [0.15, 0.2) is 5.82 Å². The van der Waals surface area contributed by atoms with Crippen molar-refractivity contribution in [3.8, 4) is 0 Å². The molecule has 3 heterocycles. The first-order chi connectivity index (χ1) is 12.5. The fraction of sp³-hybridized carbons (Fsp3) is 0.500. The van der Waals surface area contributed by atoms with Crippen molar-refractivity contribution in [2.75, 3.05) is 6.54 Å². The van der Waals surface area contributed by atoms with E-state index in [4.69, 9.17) is 16.1 Å². The van der Waals surface area contributed by atoms with Crippen LogP contribution in [0.5, 0.6) is 0 Å². The largest absolute Gasteiger partial charge is 0.337 e. The molecule has 1 unspecified atom stereocenters. The van der Waals surface area contributed by atoms with E-state index in [1.807, 2.05) is 6.07 Å². The third kappa shape index (κ3) is 4.95. The van der Waals surface area contributed by atoms with E-state index in [2.05, 4.69) is 20.8 Å². The van der Waals surface area contributed by atoms with Gasteiger partial charge in [-0.1, -0.05) is 16.8 Å². The molecule has 1 aliphatic heterocycles. The van der Waals surface area contributed by atoms with E-state index in [1.54, 1.807) is 17.9 Å². The summed E-state index contributed by atoms with van der Waals surface area (Å²) in [5.41, 5.74) is 0. The summed E-state index contributed by atoms with van der Waals surface area (Å²) in [6.45, 7) is 2.96. The third-order valence-corrected chi connectivity index (χ3v) is 5.26. The van der Waals surface area contributed by atoms with Gasteiger partial charge in [-0.05, 0) is 38.3 Å². The minimum absolute atomic E-state index is 0.132. The molecule has 0 saturated carbocycles. The molecule has 2 aromatic heterocycles. The van der Waals surface area contributed by atoms with Gasteiger partial charge in [-0.15, -0.1) is 11.3 Å². The molecular formula is C16H20ClN5O3S. The van der Waals surface area contributed by atoms with Gasteiger partial charge in [-0.2, -0.15) is 4.98 Å². The van der Waals surface area contributed by atoms with Gasteiger partial charge >= 0.3 is 6.03 Å². The first-order valence-corrected chi connectivity index (χ1v) is 9.57. The highest BCUT2D eigenvalue weighted by atomic mass is 35.5. The lowest BCUT2D eigenvalue weighted by molar-refractivity contribution is -0.133. The minimum atomic E-state index is -0.562. The maximum atomic E-state index is 12.7. The van der Waals surface area contributed by atoms with Crippen LogP contribution in [-0.4, -0.2) is 39.6 Å². The molecule has 0 aromatic carbocycles. The molecule has 1 aliphatic rings. The summed E-state index contributed by atoms with van der Waals surface area (Å²) in [6.07, 6.45) is 2.33. The average molecular weight is 398 g/mol. The highest BCUT2D eigenvalue weighted by Gasteiger charge is 2.29. The van der Waals surface area contributed by atoms with E-state index < -0.39 is 6.04 Å². The first kappa shape index (κ1) is 18.7. The molecule has 3 rings (SSSR count). The van der Waals surface area contributed by atoms with Crippen molar-refractivity contribution in [1.29, 1.82) is 0 Å².